The molecule has 1 atom stereocenters. The molecule has 1 heterocycles. The Morgan fingerprint density at radius 2 is 1.93 bits per heavy atom. The molecule has 0 amide bonds. The summed E-state index contributed by atoms with van der Waals surface area (Å²) < 4.78 is 0. The third kappa shape index (κ3) is 2.02. The molecule has 14 heavy (non-hydrogen) atoms. The third-order valence-electron chi connectivity index (χ3n) is 2.61. The Bertz CT molecular complexity index is 289. The first kappa shape index (κ1) is 9.81. The molecule has 0 N–H and O–H groups in total. The van der Waals surface area contributed by atoms with Gasteiger partial charge >= 0.3 is 0 Å². The maximum atomic E-state index is 6.30. The van der Waals surface area contributed by atoms with E-state index in [-0.39, 0.29) is 5.50 Å². The zero-order chi connectivity index (χ0) is 9.97. The van der Waals surface area contributed by atoms with Crippen molar-refractivity contribution in [2.24, 2.45) is 0 Å². The first-order valence-electron chi connectivity index (χ1n) is 4.91. The van der Waals surface area contributed by atoms with Gasteiger partial charge < -0.3 is 9.80 Å². The Kier molecular flexibility index (Phi) is 2.94. The van der Waals surface area contributed by atoms with E-state index in [0.717, 1.165) is 19.6 Å². The van der Waals surface area contributed by atoms with Crippen LogP contribution in [0.4, 0.5) is 5.69 Å². The summed E-state index contributed by atoms with van der Waals surface area (Å²) in [6.07, 6.45) is 0. The minimum absolute atomic E-state index is 0.0937. The molecule has 2 rings (SSSR count). The van der Waals surface area contributed by atoms with Crippen LogP contribution in [0.1, 0.15) is 0 Å². The van der Waals surface area contributed by atoms with Gasteiger partial charge in [-0.05, 0) is 19.2 Å². The summed E-state index contributed by atoms with van der Waals surface area (Å²) >= 11 is 6.30. The third-order valence-corrected chi connectivity index (χ3v) is 2.98. The summed E-state index contributed by atoms with van der Waals surface area (Å²) in [5.41, 5.74) is 1.32. The monoisotopic (exact) mass is 210 g/mol. The van der Waals surface area contributed by atoms with Crippen molar-refractivity contribution in [1.82, 2.24) is 4.90 Å². The molecule has 0 aromatic heterocycles. The van der Waals surface area contributed by atoms with E-state index in [9.17, 15) is 0 Å². The van der Waals surface area contributed by atoms with E-state index < -0.39 is 0 Å². The van der Waals surface area contributed by atoms with Crippen molar-refractivity contribution in [3.63, 3.8) is 0 Å². The average Bonchev–Trinajstić information content (AvgIpc) is 2.19. The Labute approximate surface area is 90.1 Å². The van der Waals surface area contributed by atoms with Gasteiger partial charge in [-0.2, -0.15) is 0 Å². The molecule has 1 aromatic rings. The first-order valence-corrected chi connectivity index (χ1v) is 5.35. The largest absolute Gasteiger partial charge is 0.353 e. The summed E-state index contributed by atoms with van der Waals surface area (Å²) in [7, 11) is 2.11. The fraction of sp³-hybridized carbons (Fsp3) is 0.455. The van der Waals surface area contributed by atoms with Crippen LogP contribution in [0.5, 0.6) is 0 Å². The first-order chi connectivity index (χ1) is 6.77. The van der Waals surface area contributed by atoms with Crippen molar-refractivity contribution in [1.29, 1.82) is 0 Å². The number of benzene rings is 1. The maximum Gasteiger partial charge on any atom is 0.117 e. The van der Waals surface area contributed by atoms with E-state index in [2.05, 4.69) is 41.1 Å². The van der Waals surface area contributed by atoms with Gasteiger partial charge in [0, 0.05) is 25.3 Å². The fourth-order valence-corrected chi connectivity index (χ4v) is 2.22. The molecule has 1 aliphatic heterocycles. The van der Waals surface area contributed by atoms with E-state index in [0.29, 0.717) is 0 Å². The Morgan fingerprint density at radius 3 is 2.57 bits per heavy atom. The van der Waals surface area contributed by atoms with Gasteiger partial charge in [-0.1, -0.05) is 29.8 Å². The molecule has 0 aliphatic carbocycles. The second-order valence-corrected chi connectivity index (χ2v) is 4.23. The highest BCUT2D eigenvalue weighted by molar-refractivity contribution is 6.22. The van der Waals surface area contributed by atoms with Crippen LogP contribution < -0.4 is 4.90 Å². The van der Waals surface area contributed by atoms with E-state index in [4.69, 9.17) is 11.6 Å². The van der Waals surface area contributed by atoms with Crippen molar-refractivity contribution in [3.8, 4) is 0 Å². The van der Waals surface area contributed by atoms with Gasteiger partial charge in [0.1, 0.15) is 5.50 Å². The van der Waals surface area contributed by atoms with Crippen LogP contribution in [0.3, 0.4) is 0 Å². The van der Waals surface area contributed by atoms with Crippen LogP contribution >= 0.6 is 11.6 Å². The molecule has 1 saturated heterocycles. The number of rotatable bonds is 1. The zero-order valence-corrected chi connectivity index (χ0v) is 9.11. The number of hydrogen-bond donors (Lipinski definition) is 0. The number of halogens is 1. The summed E-state index contributed by atoms with van der Waals surface area (Å²) in [6, 6.07) is 10.4. The number of alkyl halides is 1. The van der Waals surface area contributed by atoms with Crippen LogP contribution in [-0.4, -0.2) is 37.1 Å². The SMILES string of the molecule is CN1CCN(c2ccccc2)C(Cl)C1. The minimum atomic E-state index is 0.0937. The second kappa shape index (κ2) is 4.20. The van der Waals surface area contributed by atoms with Crippen LogP contribution in [0.2, 0.25) is 0 Å². The molecule has 1 aromatic carbocycles. The molecule has 0 spiro atoms. The molecule has 0 radical (unpaired) electrons. The van der Waals surface area contributed by atoms with Gasteiger partial charge in [-0.15, -0.1) is 0 Å². The maximum absolute atomic E-state index is 6.30. The summed E-state index contributed by atoms with van der Waals surface area (Å²) in [5, 5.41) is 0. The molecular formula is C11H15ClN2. The lowest BCUT2D eigenvalue weighted by Gasteiger charge is -2.38. The molecule has 3 heteroatoms. The summed E-state index contributed by atoms with van der Waals surface area (Å²) in [4.78, 5) is 4.51. The highest BCUT2D eigenvalue weighted by Gasteiger charge is 2.22. The number of piperazine rings is 1. The molecule has 0 bridgehead atoms. The topological polar surface area (TPSA) is 6.48 Å². The summed E-state index contributed by atoms with van der Waals surface area (Å²) in [6.45, 7) is 3.02. The van der Waals surface area contributed by atoms with Crippen molar-refractivity contribution >= 4 is 17.3 Å². The van der Waals surface area contributed by atoms with Crippen molar-refractivity contribution < 1.29 is 0 Å². The van der Waals surface area contributed by atoms with Gasteiger partial charge in [0.25, 0.3) is 0 Å². The van der Waals surface area contributed by atoms with Gasteiger partial charge in [-0.3, -0.25) is 0 Å². The van der Waals surface area contributed by atoms with Gasteiger partial charge in [0.05, 0.1) is 0 Å². The highest BCUT2D eigenvalue weighted by Crippen LogP contribution is 2.21. The van der Waals surface area contributed by atoms with Crippen LogP contribution in [-0.2, 0) is 0 Å². The van der Waals surface area contributed by atoms with Gasteiger partial charge in [0.2, 0.25) is 0 Å². The van der Waals surface area contributed by atoms with Crippen molar-refractivity contribution in [3.05, 3.63) is 30.3 Å². The highest BCUT2D eigenvalue weighted by atomic mass is 35.5. The Balaban J connectivity index is 2.12. The van der Waals surface area contributed by atoms with E-state index >= 15 is 0 Å². The van der Waals surface area contributed by atoms with Crippen LogP contribution in [0, 0.1) is 0 Å². The molecule has 76 valence electrons. The lowest BCUT2D eigenvalue weighted by molar-refractivity contribution is 0.299. The van der Waals surface area contributed by atoms with Crippen LogP contribution in [0.25, 0.3) is 0 Å². The predicted molar refractivity (Wildman–Crippen MR) is 60.9 cm³/mol. The second-order valence-electron chi connectivity index (χ2n) is 3.73. The summed E-state index contributed by atoms with van der Waals surface area (Å²) in [5.74, 6) is 0. The number of para-hydroxylation sites is 1. The van der Waals surface area contributed by atoms with E-state index in [1.807, 2.05) is 6.07 Å². The quantitative estimate of drug-likeness (QED) is 0.517. The molecular weight excluding hydrogens is 196 g/mol. The van der Waals surface area contributed by atoms with E-state index in [1.165, 1.54) is 5.69 Å². The smallest absolute Gasteiger partial charge is 0.117 e. The number of anilines is 1. The predicted octanol–water partition coefficient (Wildman–Crippen LogP) is 2.00. The number of nitrogens with zero attached hydrogens (tertiary/aromatic N) is 2. The van der Waals surface area contributed by atoms with Crippen molar-refractivity contribution in [2.45, 2.75) is 5.50 Å². The molecule has 1 aliphatic rings. The van der Waals surface area contributed by atoms with Gasteiger partial charge in [0.15, 0.2) is 0 Å². The molecule has 2 nitrogen and oxygen atoms in total. The molecule has 1 unspecified atom stereocenters. The fourth-order valence-electron chi connectivity index (χ4n) is 1.78. The lowest BCUT2D eigenvalue weighted by Crippen LogP contribution is -2.49. The van der Waals surface area contributed by atoms with Gasteiger partial charge in [-0.25, -0.2) is 0 Å². The Hall–Kier alpha value is -0.730. The minimum Gasteiger partial charge on any atom is -0.353 e. The normalized spacial score (nSPS) is 23.9. The number of likely N-dealkylation sites (N-methyl/N-ethyl adjacent to an activating group) is 1. The zero-order valence-electron chi connectivity index (χ0n) is 8.36. The standard InChI is InChI=1S/C11H15ClN2/c1-13-7-8-14(11(12)9-13)10-5-3-2-4-6-10/h2-6,11H,7-9H2,1H3. The van der Waals surface area contributed by atoms with E-state index in [1.54, 1.807) is 0 Å². The molecule has 1 fully saturated rings. The van der Waals surface area contributed by atoms with Crippen LogP contribution in [0.15, 0.2) is 30.3 Å². The number of hydrogen-bond acceptors (Lipinski definition) is 2. The lowest BCUT2D eigenvalue weighted by atomic mass is 10.2. The Morgan fingerprint density at radius 1 is 1.21 bits per heavy atom. The molecule has 0 saturated carbocycles. The van der Waals surface area contributed by atoms with Crippen molar-refractivity contribution in [2.75, 3.05) is 31.6 Å². The average molecular weight is 211 g/mol.